The predicted molar refractivity (Wildman–Crippen MR) is 97.7 cm³/mol. The van der Waals surface area contributed by atoms with Crippen molar-refractivity contribution >= 4 is 17.9 Å². The molecule has 1 amide bonds. The third-order valence-electron chi connectivity index (χ3n) is 4.44. The fourth-order valence-corrected chi connectivity index (χ4v) is 2.85. The number of rotatable bonds is 3. The van der Waals surface area contributed by atoms with E-state index in [0.717, 1.165) is 25.9 Å². The van der Waals surface area contributed by atoms with E-state index >= 15 is 0 Å². The molecule has 0 saturated carbocycles. The maximum atomic E-state index is 11.9. The van der Waals surface area contributed by atoms with Gasteiger partial charge in [0.2, 0.25) is 5.95 Å². The van der Waals surface area contributed by atoms with Crippen LogP contribution in [0.5, 0.6) is 0 Å². The Balaban J connectivity index is 1.95. The van der Waals surface area contributed by atoms with Gasteiger partial charge in [-0.1, -0.05) is 6.92 Å². The number of nitrogens with zero attached hydrogens (tertiary/aromatic N) is 3. The second-order valence-corrected chi connectivity index (χ2v) is 8.03. The first-order valence-electron chi connectivity index (χ1n) is 8.54. The maximum Gasteiger partial charge on any atom is 0.407 e. The van der Waals surface area contributed by atoms with E-state index in [1.807, 2.05) is 20.8 Å². The highest BCUT2D eigenvalue weighted by molar-refractivity contribution is 5.67. The molecule has 1 saturated heterocycles. The number of hydrogen-bond acceptors (Lipinski definition) is 6. The number of amides is 1. The maximum absolute atomic E-state index is 11.9. The van der Waals surface area contributed by atoms with Crippen LogP contribution in [-0.2, 0) is 11.8 Å². The summed E-state index contributed by atoms with van der Waals surface area (Å²) in [6.07, 6.45) is 1.34. The molecular weight excluding hydrogens is 322 g/mol. The summed E-state index contributed by atoms with van der Waals surface area (Å²) in [4.78, 5) is 30.1. The number of piperidine rings is 1. The minimum Gasteiger partial charge on any atom is -0.444 e. The Hall–Kier alpha value is -2.25. The summed E-state index contributed by atoms with van der Waals surface area (Å²) >= 11 is 0. The Bertz CT molecular complexity index is 685. The number of carbonyl (C=O) groups is 1. The lowest BCUT2D eigenvalue weighted by Gasteiger charge is -2.40. The van der Waals surface area contributed by atoms with E-state index in [2.05, 4.69) is 22.1 Å². The van der Waals surface area contributed by atoms with Crippen molar-refractivity contribution in [3.05, 3.63) is 16.4 Å². The van der Waals surface area contributed by atoms with Crippen LogP contribution in [0.1, 0.15) is 40.5 Å². The third kappa shape index (κ3) is 5.11. The smallest absolute Gasteiger partial charge is 0.407 e. The highest BCUT2D eigenvalue weighted by atomic mass is 16.6. The van der Waals surface area contributed by atoms with Crippen molar-refractivity contribution in [1.29, 1.82) is 0 Å². The summed E-state index contributed by atoms with van der Waals surface area (Å²) in [5.41, 5.74) is 5.02. The molecule has 2 heterocycles. The van der Waals surface area contributed by atoms with Crippen LogP contribution < -0.4 is 21.5 Å². The van der Waals surface area contributed by atoms with Gasteiger partial charge < -0.3 is 20.7 Å². The molecule has 0 spiro atoms. The minimum absolute atomic E-state index is 0.0212. The molecule has 1 fully saturated rings. The second kappa shape index (κ2) is 6.93. The molecule has 0 radical (unpaired) electrons. The number of hydrogen-bond donors (Lipinski definition) is 2. The van der Waals surface area contributed by atoms with Crippen molar-refractivity contribution in [3.63, 3.8) is 0 Å². The molecule has 0 bridgehead atoms. The zero-order valence-corrected chi connectivity index (χ0v) is 15.8. The van der Waals surface area contributed by atoms with E-state index in [9.17, 15) is 9.59 Å². The van der Waals surface area contributed by atoms with Gasteiger partial charge in [0.15, 0.2) is 0 Å². The second-order valence-electron chi connectivity index (χ2n) is 8.03. The van der Waals surface area contributed by atoms with Crippen molar-refractivity contribution in [2.75, 3.05) is 30.3 Å². The molecule has 0 atom stereocenters. The zero-order valence-electron chi connectivity index (χ0n) is 15.8. The topological polar surface area (TPSA) is 102 Å². The molecule has 3 N–H and O–H groups in total. The van der Waals surface area contributed by atoms with E-state index in [0.29, 0.717) is 12.5 Å². The van der Waals surface area contributed by atoms with Crippen LogP contribution in [0.3, 0.4) is 0 Å². The van der Waals surface area contributed by atoms with Crippen LogP contribution in [0.15, 0.2) is 10.9 Å². The van der Waals surface area contributed by atoms with E-state index in [1.54, 1.807) is 7.05 Å². The number of alkyl carbamates (subject to hydrolysis) is 1. The Labute approximate surface area is 148 Å². The summed E-state index contributed by atoms with van der Waals surface area (Å²) in [6, 6.07) is 1.32. The number of nitrogen functional groups attached to an aromatic ring is 1. The number of carbonyl (C=O) groups excluding carboxylic acids is 1. The predicted octanol–water partition coefficient (Wildman–Crippen LogP) is 1.49. The number of nitrogens with two attached hydrogens (primary N) is 1. The minimum atomic E-state index is -0.502. The molecule has 1 aliphatic rings. The van der Waals surface area contributed by atoms with Crippen LogP contribution in [0.25, 0.3) is 0 Å². The molecule has 0 aromatic carbocycles. The highest BCUT2D eigenvalue weighted by Crippen LogP contribution is 2.31. The van der Waals surface area contributed by atoms with Crippen LogP contribution in [-0.4, -0.2) is 40.9 Å². The molecule has 0 unspecified atom stereocenters. The number of ether oxygens (including phenoxy) is 1. The van der Waals surface area contributed by atoms with Crippen molar-refractivity contribution < 1.29 is 9.53 Å². The lowest BCUT2D eigenvalue weighted by Crippen LogP contribution is -2.47. The van der Waals surface area contributed by atoms with Gasteiger partial charge in [-0.3, -0.25) is 9.36 Å². The normalized spacial score (nSPS) is 17.2. The van der Waals surface area contributed by atoms with Gasteiger partial charge in [-0.25, -0.2) is 4.79 Å². The molecule has 1 aromatic rings. The lowest BCUT2D eigenvalue weighted by molar-refractivity contribution is 0.0495. The molecule has 25 heavy (non-hydrogen) atoms. The summed E-state index contributed by atoms with van der Waals surface area (Å²) in [6.45, 7) is 9.72. The molecule has 8 nitrogen and oxygen atoms in total. The molecule has 0 aliphatic carbocycles. The average molecular weight is 351 g/mol. The van der Waals surface area contributed by atoms with Gasteiger partial charge in [0.1, 0.15) is 11.4 Å². The van der Waals surface area contributed by atoms with Crippen LogP contribution in [0.4, 0.5) is 16.6 Å². The Morgan fingerprint density at radius 1 is 1.40 bits per heavy atom. The molecule has 1 aliphatic heterocycles. The summed E-state index contributed by atoms with van der Waals surface area (Å²) in [7, 11) is 1.70. The Morgan fingerprint density at radius 3 is 2.56 bits per heavy atom. The highest BCUT2D eigenvalue weighted by Gasteiger charge is 2.32. The standard InChI is InChI=1S/C17H29N5O3/c1-16(2,3)25-15(24)19-11-17(4)6-8-22(9-7-17)14-20-12(18)10-13(23)21(14)5/h10H,6-9,11,18H2,1-5H3,(H,19,24). The Morgan fingerprint density at radius 2 is 2.00 bits per heavy atom. The van der Waals surface area contributed by atoms with Crippen molar-refractivity contribution in [1.82, 2.24) is 14.9 Å². The van der Waals surface area contributed by atoms with Gasteiger partial charge >= 0.3 is 6.09 Å². The fourth-order valence-electron chi connectivity index (χ4n) is 2.85. The first-order valence-corrected chi connectivity index (χ1v) is 8.54. The SMILES string of the molecule is Cn1c(N2CCC(C)(CNC(=O)OC(C)(C)C)CC2)nc(N)cc1=O. The molecule has 140 valence electrons. The van der Waals surface area contributed by atoms with E-state index in [-0.39, 0.29) is 16.8 Å². The molecule has 1 aromatic heterocycles. The van der Waals surface area contributed by atoms with Gasteiger partial charge in [-0.2, -0.15) is 4.98 Å². The number of anilines is 2. The summed E-state index contributed by atoms with van der Waals surface area (Å²) < 4.78 is 6.80. The molecule has 2 rings (SSSR count). The fraction of sp³-hybridized carbons (Fsp3) is 0.706. The lowest BCUT2D eigenvalue weighted by atomic mass is 9.80. The van der Waals surface area contributed by atoms with Crippen molar-refractivity contribution in [2.45, 2.75) is 46.1 Å². The zero-order chi connectivity index (χ0) is 18.8. The van der Waals surface area contributed by atoms with Crippen LogP contribution >= 0.6 is 0 Å². The number of aromatic nitrogens is 2. The monoisotopic (exact) mass is 351 g/mol. The van der Waals surface area contributed by atoms with Crippen molar-refractivity contribution in [3.8, 4) is 0 Å². The first kappa shape index (κ1) is 19.1. The Kier molecular flexibility index (Phi) is 5.29. The average Bonchev–Trinajstić information content (AvgIpc) is 2.48. The van der Waals surface area contributed by atoms with Crippen molar-refractivity contribution in [2.24, 2.45) is 12.5 Å². The summed E-state index contributed by atoms with van der Waals surface area (Å²) in [5.74, 6) is 0.824. The van der Waals surface area contributed by atoms with Crippen LogP contribution in [0, 0.1) is 5.41 Å². The molecular formula is C17H29N5O3. The first-order chi connectivity index (χ1) is 11.5. The molecule has 8 heteroatoms. The summed E-state index contributed by atoms with van der Waals surface area (Å²) in [5, 5.41) is 2.86. The third-order valence-corrected chi connectivity index (χ3v) is 4.44. The van der Waals surface area contributed by atoms with Crippen LogP contribution in [0.2, 0.25) is 0 Å². The van der Waals surface area contributed by atoms with E-state index in [1.165, 1.54) is 10.6 Å². The van der Waals surface area contributed by atoms with Gasteiger partial charge in [-0.15, -0.1) is 0 Å². The van der Waals surface area contributed by atoms with E-state index < -0.39 is 11.7 Å². The largest absolute Gasteiger partial charge is 0.444 e. The number of nitrogens with one attached hydrogen (secondary N) is 1. The van der Waals surface area contributed by atoms with E-state index in [4.69, 9.17) is 10.5 Å². The van der Waals surface area contributed by atoms with Gasteiger partial charge in [0, 0.05) is 32.7 Å². The van der Waals surface area contributed by atoms with Gasteiger partial charge in [0.05, 0.1) is 0 Å². The van der Waals surface area contributed by atoms with Gasteiger partial charge in [-0.05, 0) is 39.0 Å². The quantitative estimate of drug-likeness (QED) is 0.855. The van der Waals surface area contributed by atoms with Gasteiger partial charge in [0.25, 0.3) is 5.56 Å².